The number of carbonyl (C=O) groups is 1. The normalized spacial score (nSPS) is 11.5. The van der Waals surface area contributed by atoms with E-state index in [0.29, 0.717) is 12.8 Å². The van der Waals surface area contributed by atoms with E-state index >= 15 is 0 Å². The molecule has 0 bridgehead atoms. The van der Waals surface area contributed by atoms with Gasteiger partial charge in [-0.05, 0) is 60.6 Å². The highest BCUT2D eigenvalue weighted by Crippen LogP contribution is 2.11. The van der Waals surface area contributed by atoms with Crippen LogP contribution in [0.15, 0.2) is 24.3 Å². The lowest BCUT2D eigenvalue weighted by molar-refractivity contribution is -0.118. The van der Waals surface area contributed by atoms with Crippen LogP contribution in [0.5, 0.6) is 0 Å². The largest absolute Gasteiger partial charge is 0.326 e. The number of nitrogens with two attached hydrogens (primary N) is 1. The monoisotopic (exact) mass is 331 g/mol. The maximum Gasteiger partial charge on any atom is 0.137 e. The fourth-order valence-corrected chi connectivity index (χ4v) is 1.74. The molecule has 0 heterocycles. The minimum atomic E-state index is -0.248. The highest BCUT2D eigenvalue weighted by atomic mass is 127. The first-order chi connectivity index (χ1) is 7.37. The number of Topliss-reactive ketones (excluding diaryl/α,β-unsaturated/α-hetero) is 1. The summed E-state index contributed by atoms with van der Waals surface area (Å²) >= 11 is 2.26. The molecule has 2 nitrogen and oxygen atoms in total. The summed E-state index contributed by atoms with van der Waals surface area (Å²) in [7, 11) is 0. The average molecular weight is 331 g/mol. The van der Waals surface area contributed by atoms with Crippen LogP contribution in [0.25, 0.3) is 0 Å². The highest BCUT2D eigenvalue weighted by molar-refractivity contribution is 14.1. The Morgan fingerprint density at radius 3 is 2.38 bits per heavy atom. The van der Waals surface area contributed by atoms with E-state index in [-0.39, 0.29) is 11.3 Å². The van der Waals surface area contributed by atoms with Crippen LogP contribution in [0.2, 0.25) is 0 Å². The first-order valence-corrected chi connectivity index (χ1v) is 6.50. The van der Waals surface area contributed by atoms with Crippen molar-refractivity contribution in [3.8, 4) is 0 Å². The van der Waals surface area contributed by atoms with Gasteiger partial charge in [0.2, 0.25) is 0 Å². The summed E-state index contributed by atoms with van der Waals surface area (Å²) in [5, 5.41) is 0. The minimum Gasteiger partial charge on any atom is -0.326 e. The van der Waals surface area contributed by atoms with Crippen molar-refractivity contribution in [1.82, 2.24) is 0 Å². The van der Waals surface area contributed by atoms with E-state index in [0.717, 1.165) is 12.0 Å². The Labute approximate surface area is 111 Å². The first kappa shape index (κ1) is 13.6. The van der Waals surface area contributed by atoms with Gasteiger partial charge in [0.1, 0.15) is 5.78 Å². The Bertz CT molecular complexity index is 351. The molecule has 0 aromatic heterocycles. The van der Waals surface area contributed by atoms with E-state index in [2.05, 4.69) is 22.6 Å². The molecule has 1 aromatic carbocycles. The Hall–Kier alpha value is -0.420. The molecule has 0 unspecified atom stereocenters. The molecule has 3 heteroatoms. The number of carbonyl (C=O) groups excluding carboxylic acids is 1. The molecule has 0 saturated carbocycles. The van der Waals surface area contributed by atoms with Crippen LogP contribution in [0, 0.1) is 3.57 Å². The molecular weight excluding hydrogens is 313 g/mol. The van der Waals surface area contributed by atoms with Gasteiger partial charge in [0.25, 0.3) is 0 Å². The predicted octanol–water partition coefficient (Wildman–Crippen LogP) is 2.92. The lowest BCUT2D eigenvalue weighted by Gasteiger charge is -2.17. The molecule has 0 fully saturated rings. The third-order valence-electron chi connectivity index (χ3n) is 2.36. The Morgan fingerprint density at radius 1 is 1.31 bits per heavy atom. The van der Waals surface area contributed by atoms with Crippen LogP contribution in [-0.4, -0.2) is 11.3 Å². The number of rotatable bonds is 5. The molecule has 0 radical (unpaired) electrons. The van der Waals surface area contributed by atoms with E-state index in [9.17, 15) is 4.79 Å². The number of hydrogen-bond acceptors (Lipinski definition) is 2. The van der Waals surface area contributed by atoms with Crippen molar-refractivity contribution in [2.75, 3.05) is 0 Å². The van der Waals surface area contributed by atoms with E-state index < -0.39 is 0 Å². The lowest BCUT2D eigenvalue weighted by Crippen LogP contribution is -2.32. The Balaban J connectivity index is 2.43. The lowest BCUT2D eigenvalue weighted by atomic mass is 9.96. The second-order valence-electron chi connectivity index (χ2n) is 4.83. The smallest absolute Gasteiger partial charge is 0.137 e. The van der Waals surface area contributed by atoms with Crippen molar-refractivity contribution in [1.29, 1.82) is 0 Å². The third kappa shape index (κ3) is 5.61. The molecular formula is C13H18INO. The molecule has 2 N–H and O–H groups in total. The second kappa shape index (κ2) is 5.77. The van der Waals surface area contributed by atoms with Crippen molar-refractivity contribution in [2.45, 2.75) is 38.6 Å². The van der Waals surface area contributed by atoms with E-state index in [1.54, 1.807) is 0 Å². The topological polar surface area (TPSA) is 43.1 Å². The van der Waals surface area contributed by atoms with E-state index in [4.69, 9.17) is 5.73 Å². The zero-order valence-electron chi connectivity index (χ0n) is 9.79. The van der Waals surface area contributed by atoms with Crippen LogP contribution in [0.4, 0.5) is 0 Å². The zero-order valence-corrected chi connectivity index (χ0v) is 12.0. The van der Waals surface area contributed by atoms with Gasteiger partial charge in [0.05, 0.1) is 0 Å². The SMILES string of the molecule is CC(C)(N)CCC(=O)Cc1ccc(I)cc1. The average Bonchev–Trinajstić information content (AvgIpc) is 2.18. The maximum atomic E-state index is 11.7. The van der Waals surface area contributed by atoms with Gasteiger partial charge in [-0.15, -0.1) is 0 Å². The van der Waals surface area contributed by atoms with Crippen LogP contribution in [0.3, 0.4) is 0 Å². The number of ketones is 1. The van der Waals surface area contributed by atoms with Crippen molar-refractivity contribution < 1.29 is 4.79 Å². The van der Waals surface area contributed by atoms with Gasteiger partial charge in [-0.2, -0.15) is 0 Å². The summed E-state index contributed by atoms with van der Waals surface area (Å²) in [5.41, 5.74) is 6.68. The third-order valence-corrected chi connectivity index (χ3v) is 3.08. The Morgan fingerprint density at radius 2 is 1.88 bits per heavy atom. The molecule has 1 rings (SSSR count). The van der Waals surface area contributed by atoms with E-state index in [1.165, 1.54) is 3.57 Å². The number of benzene rings is 1. The number of hydrogen-bond donors (Lipinski definition) is 1. The highest BCUT2D eigenvalue weighted by Gasteiger charge is 2.13. The molecule has 0 saturated heterocycles. The van der Waals surface area contributed by atoms with Crippen molar-refractivity contribution in [3.05, 3.63) is 33.4 Å². The molecule has 0 atom stereocenters. The fourth-order valence-electron chi connectivity index (χ4n) is 1.38. The molecule has 0 amide bonds. The van der Waals surface area contributed by atoms with Crippen molar-refractivity contribution >= 4 is 28.4 Å². The van der Waals surface area contributed by atoms with Crippen LogP contribution < -0.4 is 5.73 Å². The second-order valence-corrected chi connectivity index (χ2v) is 6.08. The van der Waals surface area contributed by atoms with Gasteiger partial charge in [-0.1, -0.05) is 12.1 Å². The summed E-state index contributed by atoms with van der Waals surface area (Å²) in [6.45, 7) is 3.90. The maximum absolute atomic E-state index is 11.7. The first-order valence-electron chi connectivity index (χ1n) is 5.42. The van der Waals surface area contributed by atoms with Crippen LogP contribution >= 0.6 is 22.6 Å². The molecule has 88 valence electrons. The standard InChI is InChI=1S/C13H18INO/c1-13(2,15)8-7-12(16)9-10-3-5-11(14)6-4-10/h3-6H,7-9,15H2,1-2H3. The quantitative estimate of drug-likeness (QED) is 0.843. The summed E-state index contributed by atoms with van der Waals surface area (Å²) in [5.74, 6) is 0.264. The van der Waals surface area contributed by atoms with Crippen molar-refractivity contribution in [2.24, 2.45) is 5.73 Å². The van der Waals surface area contributed by atoms with Gasteiger partial charge in [-0.25, -0.2) is 0 Å². The molecule has 16 heavy (non-hydrogen) atoms. The van der Waals surface area contributed by atoms with Gasteiger partial charge < -0.3 is 5.73 Å². The molecule has 0 spiro atoms. The van der Waals surface area contributed by atoms with Gasteiger partial charge >= 0.3 is 0 Å². The summed E-state index contributed by atoms with van der Waals surface area (Å²) in [4.78, 5) is 11.7. The Kier molecular flexibility index (Phi) is 4.92. The summed E-state index contributed by atoms with van der Waals surface area (Å²) in [6.07, 6.45) is 1.83. The summed E-state index contributed by atoms with van der Waals surface area (Å²) in [6, 6.07) is 8.06. The van der Waals surface area contributed by atoms with E-state index in [1.807, 2.05) is 38.1 Å². The minimum absolute atomic E-state index is 0.248. The predicted molar refractivity (Wildman–Crippen MR) is 75.4 cm³/mol. The fraction of sp³-hybridized carbons (Fsp3) is 0.462. The molecule has 0 aliphatic carbocycles. The van der Waals surface area contributed by atoms with Crippen LogP contribution in [0.1, 0.15) is 32.3 Å². The van der Waals surface area contributed by atoms with Gasteiger partial charge in [-0.3, -0.25) is 4.79 Å². The van der Waals surface area contributed by atoms with Gasteiger partial charge in [0, 0.05) is 22.0 Å². The van der Waals surface area contributed by atoms with Crippen LogP contribution in [-0.2, 0) is 11.2 Å². The molecule has 0 aliphatic heterocycles. The molecule has 1 aromatic rings. The van der Waals surface area contributed by atoms with Crippen molar-refractivity contribution in [3.63, 3.8) is 0 Å². The molecule has 0 aliphatic rings. The van der Waals surface area contributed by atoms with Gasteiger partial charge in [0.15, 0.2) is 0 Å². The summed E-state index contributed by atoms with van der Waals surface area (Å²) < 4.78 is 1.19. The number of halogens is 1. The zero-order chi connectivity index (χ0) is 12.2.